The molecule has 0 unspecified atom stereocenters. The zero-order valence-electron chi connectivity index (χ0n) is 14.4. The molecule has 3 aromatic rings. The van der Waals surface area contributed by atoms with E-state index in [1.807, 2.05) is 6.92 Å². The van der Waals surface area contributed by atoms with Gasteiger partial charge in [0, 0.05) is 18.0 Å². The van der Waals surface area contributed by atoms with Crippen molar-refractivity contribution in [2.24, 2.45) is 0 Å². The fourth-order valence-electron chi connectivity index (χ4n) is 2.39. The second-order valence-electron chi connectivity index (χ2n) is 5.70. The maximum absolute atomic E-state index is 12.5. The number of hydrogen-bond donors (Lipinski definition) is 3. The summed E-state index contributed by atoms with van der Waals surface area (Å²) in [6.45, 7) is 3.55. The molecule has 0 aliphatic rings. The van der Waals surface area contributed by atoms with Crippen LogP contribution in [0.15, 0.2) is 41.3 Å². The summed E-state index contributed by atoms with van der Waals surface area (Å²) in [5.41, 5.74) is 2.30. The summed E-state index contributed by atoms with van der Waals surface area (Å²) in [6, 6.07) is 5.02. The number of phenols is 1. The zero-order valence-corrected chi connectivity index (χ0v) is 16.8. The van der Waals surface area contributed by atoms with Crippen molar-refractivity contribution in [1.82, 2.24) is 9.97 Å². The Balaban J connectivity index is 1.74. The van der Waals surface area contributed by atoms with Gasteiger partial charge in [0.05, 0.1) is 21.9 Å². The second kappa shape index (κ2) is 7.85. The van der Waals surface area contributed by atoms with Gasteiger partial charge in [-0.15, -0.1) is 0 Å². The van der Waals surface area contributed by atoms with Gasteiger partial charge in [-0.2, -0.15) is 0 Å². The fraction of sp³-hybridized carbons (Fsp3) is 0.111. The van der Waals surface area contributed by atoms with Gasteiger partial charge in [0.15, 0.2) is 5.13 Å². The molecular weight excluding hydrogens is 432 g/mol. The molecule has 0 aliphatic carbocycles. The summed E-state index contributed by atoms with van der Waals surface area (Å²) in [7, 11) is 0. The van der Waals surface area contributed by atoms with Crippen molar-refractivity contribution in [3.63, 3.8) is 0 Å². The molecule has 3 rings (SSSR count). The Bertz CT molecular complexity index is 1020. The number of aromatic nitrogens is 2. The van der Waals surface area contributed by atoms with Crippen LogP contribution in [0.3, 0.4) is 0 Å². The van der Waals surface area contributed by atoms with Crippen LogP contribution in [-0.4, -0.2) is 26.9 Å². The maximum Gasteiger partial charge on any atom is 0.267 e. The van der Waals surface area contributed by atoms with E-state index in [2.05, 4.69) is 36.5 Å². The minimum Gasteiger partial charge on any atom is -0.506 e. The molecule has 9 heteroatoms. The van der Waals surface area contributed by atoms with Crippen LogP contribution >= 0.6 is 27.3 Å². The molecule has 0 aliphatic heterocycles. The smallest absolute Gasteiger partial charge is 0.267 e. The molecule has 0 bridgehead atoms. The Morgan fingerprint density at radius 3 is 2.67 bits per heavy atom. The van der Waals surface area contributed by atoms with E-state index in [1.165, 1.54) is 12.4 Å². The SMILES string of the molecule is Cc1cc(Br)c(O)c(C)c1NC(=O)c1cnc(NC(=O)c2cccnc2)s1. The number of halogens is 1. The highest BCUT2D eigenvalue weighted by atomic mass is 79.9. The molecular formula is C18H15BrN4O3S. The quantitative estimate of drug-likeness (QED) is 0.558. The van der Waals surface area contributed by atoms with Crippen LogP contribution in [0.5, 0.6) is 5.75 Å². The van der Waals surface area contributed by atoms with Crippen LogP contribution in [0.1, 0.15) is 31.2 Å². The van der Waals surface area contributed by atoms with Gasteiger partial charge >= 0.3 is 0 Å². The lowest BCUT2D eigenvalue weighted by molar-refractivity contribution is 0.102. The monoisotopic (exact) mass is 446 g/mol. The number of rotatable bonds is 4. The number of aromatic hydroxyl groups is 1. The fourth-order valence-corrected chi connectivity index (χ4v) is 3.74. The molecule has 0 saturated carbocycles. The van der Waals surface area contributed by atoms with E-state index in [0.717, 1.165) is 16.9 Å². The summed E-state index contributed by atoms with van der Waals surface area (Å²) in [4.78, 5) is 32.9. The van der Waals surface area contributed by atoms with Gasteiger partial charge in [-0.05, 0) is 53.5 Å². The number of nitrogens with one attached hydrogen (secondary N) is 2. The lowest BCUT2D eigenvalue weighted by atomic mass is 10.1. The highest BCUT2D eigenvalue weighted by Crippen LogP contribution is 2.35. The number of nitrogens with zero attached hydrogens (tertiary/aromatic N) is 2. The first-order chi connectivity index (χ1) is 12.9. The molecule has 2 aromatic heterocycles. The Kier molecular flexibility index (Phi) is 5.52. The number of benzene rings is 1. The predicted octanol–water partition coefficient (Wildman–Crippen LogP) is 4.13. The third kappa shape index (κ3) is 4.15. The number of pyridine rings is 1. The lowest BCUT2D eigenvalue weighted by Gasteiger charge is -2.13. The molecule has 7 nitrogen and oxygen atoms in total. The molecule has 1 aromatic carbocycles. The minimum absolute atomic E-state index is 0.0737. The van der Waals surface area contributed by atoms with E-state index in [-0.39, 0.29) is 17.6 Å². The highest BCUT2D eigenvalue weighted by Gasteiger charge is 2.17. The number of carbonyl (C=O) groups excluding carboxylic acids is 2. The van der Waals surface area contributed by atoms with E-state index in [9.17, 15) is 14.7 Å². The number of aryl methyl sites for hydroxylation is 1. The van der Waals surface area contributed by atoms with Gasteiger partial charge in [-0.25, -0.2) is 4.98 Å². The molecule has 0 atom stereocenters. The highest BCUT2D eigenvalue weighted by molar-refractivity contribution is 9.10. The van der Waals surface area contributed by atoms with E-state index in [1.54, 1.807) is 31.3 Å². The molecule has 0 saturated heterocycles. The van der Waals surface area contributed by atoms with Gasteiger partial charge in [0.25, 0.3) is 11.8 Å². The average molecular weight is 447 g/mol. The topological polar surface area (TPSA) is 104 Å². The summed E-state index contributed by atoms with van der Waals surface area (Å²) in [6.07, 6.45) is 4.41. The molecule has 0 fully saturated rings. The van der Waals surface area contributed by atoms with Gasteiger partial charge in [0.2, 0.25) is 0 Å². The summed E-state index contributed by atoms with van der Waals surface area (Å²) in [5.74, 6) is -0.652. The molecule has 2 heterocycles. The van der Waals surface area contributed by atoms with Crippen molar-refractivity contribution >= 4 is 49.9 Å². The molecule has 2 amide bonds. The number of carbonyl (C=O) groups is 2. The van der Waals surface area contributed by atoms with Crippen molar-refractivity contribution in [1.29, 1.82) is 0 Å². The number of hydrogen-bond acceptors (Lipinski definition) is 6. The van der Waals surface area contributed by atoms with Crippen LogP contribution < -0.4 is 10.6 Å². The Morgan fingerprint density at radius 1 is 1.19 bits per heavy atom. The lowest BCUT2D eigenvalue weighted by Crippen LogP contribution is -2.13. The Labute approximate surface area is 167 Å². The van der Waals surface area contributed by atoms with Crippen LogP contribution in [0.2, 0.25) is 0 Å². The third-order valence-electron chi connectivity index (χ3n) is 3.81. The molecule has 0 spiro atoms. The van der Waals surface area contributed by atoms with Crippen LogP contribution in [0, 0.1) is 13.8 Å². The van der Waals surface area contributed by atoms with Crippen molar-refractivity contribution in [2.45, 2.75) is 13.8 Å². The molecule has 138 valence electrons. The van der Waals surface area contributed by atoms with Crippen LogP contribution in [0.4, 0.5) is 10.8 Å². The maximum atomic E-state index is 12.5. The molecule has 0 radical (unpaired) electrons. The first kappa shape index (κ1) is 19.0. The van der Waals surface area contributed by atoms with Gasteiger partial charge < -0.3 is 10.4 Å². The zero-order chi connectivity index (χ0) is 19.6. The summed E-state index contributed by atoms with van der Waals surface area (Å²) < 4.78 is 0.564. The molecule has 3 N–H and O–H groups in total. The largest absolute Gasteiger partial charge is 0.506 e. The van der Waals surface area contributed by atoms with E-state index in [0.29, 0.717) is 31.3 Å². The number of amides is 2. The van der Waals surface area contributed by atoms with Crippen molar-refractivity contribution in [2.75, 3.05) is 10.6 Å². The van der Waals surface area contributed by atoms with Crippen molar-refractivity contribution in [3.05, 3.63) is 62.8 Å². The standard InChI is InChI=1S/C18H15BrN4O3S/c1-9-6-12(19)15(24)10(2)14(9)22-17(26)13-8-21-18(27-13)23-16(25)11-4-3-5-20-7-11/h3-8,24H,1-2H3,(H,22,26)(H,21,23,25). The minimum atomic E-state index is -0.373. The predicted molar refractivity (Wildman–Crippen MR) is 108 cm³/mol. The van der Waals surface area contributed by atoms with Crippen molar-refractivity contribution in [3.8, 4) is 5.75 Å². The number of thiazole rings is 1. The number of phenolic OH excluding ortho intramolecular Hbond substituents is 1. The van der Waals surface area contributed by atoms with E-state index >= 15 is 0 Å². The summed E-state index contributed by atoms with van der Waals surface area (Å²) >= 11 is 4.33. The average Bonchev–Trinajstić information content (AvgIpc) is 3.12. The van der Waals surface area contributed by atoms with Gasteiger partial charge in [-0.3, -0.25) is 19.9 Å². The first-order valence-corrected chi connectivity index (χ1v) is 9.45. The second-order valence-corrected chi connectivity index (χ2v) is 7.59. The Hall–Kier alpha value is -2.78. The third-order valence-corrected chi connectivity index (χ3v) is 5.32. The van der Waals surface area contributed by atoms with Crippen LogP contribution in [-0.2, 0) is 0 Å². The number of anilines is 2. The molecule has 27 heavy (non-hydrogen) atoms. The van der Waals surface area contributed by atoms with E-state index < -0.39 is 0 Å². The Morgan fingerprint density at radius 2 is 1.96 bits per heavy atom. The van der Waals surface area contributed by atoms with Gasteiger partial charge in [0.1, 0.15) is 10.6 Å². The first-order valence-electron chi connectivity index (χ1n) is 7.84. The van der Waals surface area contributed by atoms with Crippen LogP contribution in [0.25, 0.3) is 0 Å². The van der Waals surface area contributed by atoms with Gasteiger partial charge in [-0.1, -0.05) is 11.3 Å². The summed E-state index contributed by atoms with van der Waals surface area (Å²) in [5, 5.41) is 15.8. The van der Waals surface area contributed by atoms with E-state index in [4.69, 9.17) is 0 Å². The van der Waals surface area contributed by atoms with Crippen molar-refractivity contribution < 1.29 is 14.7 Å². The normalized spacial score (nSPS) is 10.5.